The fourth-order valence-corrected chi connectivity index (χ4v) is 3.72. The van der Waals surface area contributed by atoms with Crippen LogP contribution in [0.2, 0.25) is 5.02 Å². The van der Waals surface area contributed by atoms with E-state index in [9.17, 15) is 0 Å². The second-order valence-corrected chi connectivity index (χ2v) is 7.11. The molecule has 0 amide bonds. The van der Waals surface area contributed by atoms with E-state index in [0.29, 0.717) is 16.1 Å². The number of hydrogen-bond acceptors (Lipinski definition) is 3. The van der Waals surface area contributed by atoms with Crippen LogP contribution in [0.1, 0.15) is 24.0 Å². The van der Waals surface area contributed by atoms with Crippen molar-refractivity contribution >= 4 is 34.5 Å². The standard InChI is InChI=1S/C19H22ClN3S/c20-18-11-15(8-9-17(18)19(21)24)22-16-7-4-10-23(13-16)12-14-5-2-1-3-6-14/h1-3,5-6,8-9,11,16,22H,4,7,10,12-13H2,(H2,21,24). The van der Waals surface area contributed by atoms with Gasteiger partial charge in [0.15, 0.2) is 0 Å². The lowest BCUT2D eigenvalue weighted by atomic mass is 10.0. The quantitative estimate of drug-likeness (QED) is 0.790. The molecule has 24 heavy (non-hydrogen) atoms. The Morgan fingerprint density at radius 3 is 2.75 bits per heavy atom. The SMILES string of the molecule is NC(=S)c1ccc(NC2CCCN(Cc3ccccc3)C2)cc1Cl. The van der Waals surface area contributed by atoms with Gasteiger partial charge in [-0.1, -0.05) is 54.2 Å². The number of hydrogen-bond donors (Lipinski definition) is 2. The number of anilines is 1. The van der Waals surface area contributed by atoms with Crippen LogP contribution in [0.25, 0.3) is 0 Å². The third-order valence-electron chi connectivity index (χ3n) is 4.36. The van der Waals surface area contributed by atoms with Gasteiger partial charge in [0.2, 0.25) is 0 Å². The summed E-state index contributed by atoms with van der Waals surface area (Å²) in [4.78, 5) is 2.83. The lowest BCUT2D eigenvalue weighted by Gasteiger charge is -2.33. The van der Waals surface area contributed by atoms with E-state index in [2.05, 4.69) is 40.5 Å². The summed E-state index contributed by atoms with van der Waals surface area (Å²) < 4.78 is 0. The van der Waals surface area contributed by atoms with Crippen LogP contribution in [-0.2, 0) is 6.54 Å². The van der Waals surface area contributed by atoms with E-state index >= 15 is 0 Å². The highest BCUT2D eigenvalue weighted by Crippen LogP contribution is 2.23. The number of piperidine rings is 1. The van der Waals surface area contributed by atoms with Crippen molar-refractivity contribution in [2.24, 2.45) is 5.73 Å². The minimum atomic E-state index is 0.332. The van der Waals surface area contributed by atoms with E-state index in [1.54, 1.807) is 0 Å². The van der Waals surface area contributed by atoms with Crippen molar-refractivity contribution in [2.75, 3.05) is 18.4 Å². The molecule has 3 rings (SSSR count). The van der Waals surface area contributed by atoms with Crippen LogP contribution in [0.3, 0.4) is 0 Å². The van der Waals surface area contributed by atoms with Crippen molar-refractivity contribution in [1.29, 1.82) is 0 Å². The molecule has 0 spiro atoms. The monoisotopic (exact) mass is 359 g/mol. The molecule has 0 aromatic heterocycles. The molecule has 1 aliphatic heterocycles. The summed E-state index contributed by atoms with van der Waals surface area (Å²) in [7, 11) is 0. The molecule has 0 bridgehead atoms. The van der Waals surface area contributed by atoms with Crippen LogP contribution in [0.5, 0.6) is 0 Å². The molecular weight excluding hydrogens is 338 g/mol. The summed E-state index contributed by atoms with van der Waals surface area (Å²) in [5.41, 5.74) is 8.77. The molecule has 0 radical (unpaired) electrons. The van der Waals surface area contributed by atoms with E-state index in [1.165, 1.54) is 18.4 Å². The summed E-state index contributed by atoms with van der Waals surface area (Å²) in [6, 6.07) is 16.8. The molecule has 1 heterocycles. The van der Waals surface area contributed by atoms with Crippen LogP contribution in [0, 0.1) is 0 Å². The number of rotatable bonds is 5. The maximum atomic E-state index is 6.26. The van der Waals surface area contributed by atoms with Crippen molar-refractivity contribution in [3.63, 3.8) is 0 Å². The molecule has 1 aliphatic rings. The highest BCUT2D eigenvalue weighted by Gasteiger charge is 2.20. The van der Waals surface area contributed by atoms with Crippen LogP contribution >= 0.6 is 23.8 Å². The van der Waals surface area contributed by atoms with Crippen molar-refractivity contribution < 1.29 is 0 Å². The number of likely N-dealkylation sites (tertiary alicyclic amines) is 1. The van der Waals surface area contributed by atoms with Gasteiger partial charge in [-0.2, -0.15) is 0 Å². The molecule has 1 atom stereocenters. The van der Waals surface area contributed by atoms with Crippen LogP contribution in [0.15, 0.2) is 48.5 Å². The van der Waals surface area contributed by atoms with Gasteiger partial charge in [-0.15, -0.1) is 0 Å². The molecule has 126 valence electrons. The van der Waals surface area contributed by atoms with Gasteiger partial charge in [0.1, 0.15) is 4.99 Å². The second-order valence-electron chi connectivity index (χ2n) is 6.26. The molecule has 3 nitrogen and oxygen atoms in total. The molecule has 1 saturated heterocycles. The molecule has 5 heteroatoms. The van der Waals surface area contributed by atoms with Gasteiger partial charge in [0, 0.05) is 30.4 Å². The number of nitrogens with one attached hydrogen (secondary N) is 1. The predicted octanol–water partition coefficient (Wildman–Crippen LogP) is 4.05. The number of nitrogens with two attached hydrogens (primary N) is 1. The summed E-state index contributed by atoms with van der Waals surface area (Å²) in [5.74, 6) is 0. The topological polar surface area (TPSA) is 41.3 Å². The summed E-state index contributed by atoms with van der Waals surface area (Å²) in [6.45, 7) is 3.18. The first kappa shape index (κ1) is 17.2. The maximum absolute atomic E-state index is 6.26. The third-order valence-corrected chi connectivity index (χ3v) is 4.89. The van der Waals surface area contributed by atoms with Crippen molar-refractivity contribution in [3.05, 3.63) is 64.7 Å². The predicted molar refractivity (Wildman–Crippen MR) is 106 cm³/mol. The highest BCUT2D eigenvalue weighted by atomic mass is 35.5. The minimum Gasteiger partial charge on any atom is -0.389 e. The lowest BCUT2D eigenvalue weighted by molar-refractivity contribution is 0.208. The Labute approximate surface area is 153 Å². The highest BCUT2D eigenvalue weighted by molar-refractivity contribution is 7.80. The van der Waals surface area contributed by atoms with Gasteiger partial charge in [0.05, 0.1) is 5.02 Å². The van der Waals surface area contributed by atoms with Gasteiger partial charge in [0.25, 0.3) is 0 Å². The van der Waals surface area contributed by atoms with Crippen LogP contribution in [0.4, 0.5) is 5.69 Å². The van der Waals surface area contributed by atoms with Crippen LogP contribution < -0.4 is 11.1 Å². The van der Waals surface area contributed by atoms with Gasteiger partial charge in [-0.25, -0.2) is 0 Å². The Bertz CT molecular complexity index is 705. The molecular formula is C19H22ClN3S. The van der Waals surface area contributed by atoms with Gasteiger partial charge < -0.3 is 11.1 Å². The zero-order valence-electron chi connectivity index (χ0n) is 13.5. The first-order valence-corrected chi connectivity index (χ1v) is 9.02. The van der Waals surface area contributed by atoms with Gasteiger partial charge in [-0.3, -0.25) is 4.90 Å². The number of halogens is 1. The zero-order valence-corrected chi connectivity index (χ0v) is 15.1. The van der Waals surface area contributed by atoms with Gasteiger partial charge in [-0.05, 0) is 43.1 Å². The summed E-state index contributed by atoms with van der Waals surface area (Å²) in [5, 5.41) is 4.19. The Hall–Kier alpha value is -1.62. The fourth-order valence-electron chi connectivity index (χ4n) is 3.20. The number of benzene rings is 2. The lowest BCUT2D eigenvalue weighted by Crippen LogP contribution is -2.41. The summed E-state index contributed by atoms with van der Waals surface area (Å²) >= 11 is 11.3. The third kappa shape index (κ3) is 4.47. The second kappa shape index (κ2) is 7.97. The Morgan fingerprint density at radius 2 is 2.04 bits per heavy atom. The van der Waals surface area contributed by atoms with Gasteiger partial charge >= 0.3 is 0 Å². The Morgan fingerprint density at radius 1 is 1.25 bits per heavy atom. The zero-order chi connectivity index (χ0) is 16.9. The normalized spacial score (nSPS) is 18.3. The molecule has 1 fully saturated rings. The Balaban J connectivity index is 1.61. The van der Waals surface area contributed by atoms with Crippen molar-refractivity contribution in [1.82, 2.24) is 4.90 Å². The summed E-state index contributed by atoms with van der Waals surface area (Å²) in [6.07, 6.45) is 2.36. The molecule has 0 saturated carbocycles. The molecule has 0 aliphatic carbocycles. The number of nitrogens with zero attached hydrogens (tertiary/aromatic N) is 1. The first-order valence-electron chi connectivity index (χ1n) is 8.24. The first-order chi connectivity index (χ1) is 11.6. The minimum absolute atomic E-state index is 0.332. The van der Waals surface area contributed by atoms with Crippen molar-refractivity contribution in [2.45, 2.75) is 25.4 Å². The molecule has 2 aromatic carbocycles. The van der Waals surface area contributed by atoms with Crippen molar-refractivity contribution in [3.8, 4) is 0 Å². The molecule has 2 aromatic rings. The smallest absolute Gasteiger partial charge is 0.105 e. The molecule has 3 N–H and O–H groups in total. The van der Waals surface area contributed by atoms with E-state index in [1.807, 2.05) is 18.2 Å². The molecule has 1 unspecified atom stereocenters. The average Bonchev–Trinajstić information content (AvgIpc) is 2.56. The Kier molecular flexibility index (Phi) is 5.72. The van der Waals surface area contributed by atoms with Crippen LogP contribution in [-0.4, -0.2) is 29.0 Å². The largest absolute Gasteiger partial charge is 0.389 e. The van der Waals surface area contributed by atoms with E-state index in [4.69, 9.17) is 29.6 Å². The average molecular weight is 360 g/mol. The fraction of sp³-hybridized carbons (Fsp3) is 0.316. The number of thiocarbonyl (C=S) groups is 1. The van der Waals surface area contributed by atoms with E-state index < -0.39 is 0 Å². The maximum Gasteiger partial charge on any atom is 0.105 e. The van der Waals surface area contributed by atoms with E-state index in [0.717, 1.165) is 30.9 Å². The van der Waals surface area contributed by atoms with E-state index in [-0.39, 0.29) is 0 Å².